The quantitative estimate of drug-likeness (QED) is 0.418. The second-order valence-corrected chi connectivity index (χ2v) is 15.3. The van der Waals surface area contributed by atoms with Crippen LogP contribution in [-0.2, 0) is 26.6 Å². The largest absolute Gasteiger partial charge is 0.342 e. The van der Waals surface area contributed by atoms with E-state index in [1.807, 2.05) is 44.2 Å². The fourth-order valence-corrected chi connectivity index (χ4v) is 9.75. The van der Waals surface area contributed by atoms with Crippen molar-refractivity contribution in [3.63, 3.8) is 0 Å². The average Bonchev–Trinajstić information content (AvgIpc) is 2.96. The first-order valence-corrected chi connectivity index (χ1v) is 17.2. The van der Waals surface area contributed by atoms with Crippen molar-refractivity contribution in [3.05, 3.63) is 95.6 Å². The van der Waals surface area contributed by atoms with Crippen LogP contribution in [0.15, 0.2) is 88.7 Å². The Morgan fingerprint density at radius 2 is 1.15 bits per heavy atom. The number of aryl methyl sites for hydroxylation is 2. The van der Waals surface area contributed by atoms with Crippen LogP contribution in [-0.4, -0.2) is 77.4 Å². The molecule has 41 heavy (non-hydrogen) atoms. The number of hydrogen-bond acceptors (Lipinski definition) is 7. The molecule has 10 heteroatoms. The molecule has 1 saturated heterocycles. The summed E-state index contributed by atoms with van der Waals surface area (Å²) < 4.78 is 57.5. The lowest BCUT2D eigenvalue weighted by Gasteiger charge is -2.37. The third-order valence-electron chi connectivity index (χ3n) is 7.71. The van der Waals surface area contributed by atoms with Crippen molar-refractivity contribution in [2.24, 2.45) is 0 Å². The zero-order chi connectivity index (χ0) is 29.3. The lowest BCUT2D eigenvalue weighted by molar-refractivity contribution is -0.672. The van der Waals surface area contributed by atoms with Crippen molar-refractivity contribution < 1.29 is 20.1 Å². The Morgan fingerprint density at radius 3 is 1.68 bits per heavy atom. The number of sulfonamides is 2. The molecule has 0 bridgehead atoms. The summed E-state index contributed by atoms with van der Waals surface area (Å²) in [5.41, 5.74) is 2.90. The van der Waals surface area contributed by atoms with Gasteiger partial charge in [0.25, 0.3) is 0 Å². The standard InChI is InChI=1S/C31H43N4O4S2/c1-27-10-14-30(15-11-27)40(36,37)35(41(38,39)31-16-12-28(2)13-17-31)24-21-33-19-7-6-18-32-20-22-34(23-25-35)26-29-8-4-3-5-9-29/h3-5,8-17,32-33H,6-7,18-26H2,1-2H3/q+1. The van der Waals surface area contributed by atoms with Gasteiger partial charge in [0.05, 0.1) is 6.54 Å². The fraction of sp³-hybridized carbons (Fsp3) is 0.419. The van der Waals surface area contributed by atoms with Crippen LogP contribution in [0.1, 0.15) is 29.5 Å². The molecule has 0 atom stereocenters. The molecule has 222 valence electrons. The molecule has 1 aliphatic heterocycles. The Bertz CT molecular complexity index is 1390. The number of nitrogens with one attached hydrogen (secondary N) is 2. The van der Waals surface area contributed by atoms with Crippen LogP contribution >= 0.6 is 0 Å². The van der Waals surface area contributed by atoms with Gasteiger partial charge >= 0.3 is 20.0 Å². The van der Waals surface area contributed by atoms with Crippen LogP contribution in [0.2, 0.25) is 0 Å². The second-order valence-electron chi connectivity index (χ2n) is 10.8. The molecule has 3 aromatic carbocycles. The second kappa shape index (κ2) is 14.0. The lowest BCUT2D eigenvalue weighted by Crippen LogP contribution is -2.61. The molecule has 1 heterocycles. The molecular formula is C31H43N4O4S2+. The van der Waals surface area contributed by atoms with Gasteiger partial charge in [0.15, 0.2) is 0 Å². The number of benzene rings is 3. The predicted octanol–water partition coefficient (Wildman–Crippen LogP) is 3.67. The first-order chi connectivity index (χ1) is 19.7. The number of hydrogen-bond donors (Lipinski definition) is 2. The fourth-order valence-electron chi connectivity index (χ4n) is 5.17. The zero-order valence-corrected chi connectivity index (χ0v) is 25.8. The van der Waals surface area contributed by atoms with Gasteiger partial charge in [-0.1, -0.05) is 65.7 Å². The maximum Gasteiger partial charge on any atom is 0.342 e. The van der Waals surface area contributed by atoms with Crippen LogP contribution < -0.4 is 10.6 Å². The maximum absolute atomic E-state index is 14.6. The Hall–Kier alpha value is -2.60. The average molecular weight is 600 g/mol. The first-order valence-electron chi connectivity index (χ1n) is 14.3. The predicted molar refractivity (Wildman–Crippen MR) is 163 cm³/mol. The van der Waals surface area contributed by atoms with E-state index >= 15 is 0 Å². The van der Waals surface area contributed by atoms with Gasteiger partial charge in [0.1, 0.15) is 22.9 Å². The van der Waals surface area contributed by atoms with Crippen LogP contribution in [0, 0.1) is 13.8 Å². The summed E-state index contributed by atoms with van der Waals surface area (Å²) in [4.78, 5) is 2.18. The van der Waals surface area contributed by atoms with Crippen molar-refractivity contribution in [2.75, 3.05) is 52.4 Å². The van der Waals surface area contributed by atoms with Gasteiger partial charge in [-0.25, -0.2) is 0 Å². The number of quaternary nitrogens is 1. The first kappa shape index (κ1) is 31.3. The van der Waals surface area contributed by atoms with E-state index in [2.05, 4.69) is 15.5 Å². The normalized spacial score (nSPS) is 18.4. The van der Waals surface area contributed by atoms with Crippen molar-refractivity contribution in [1.29, 1.82) is 0 Å². The van der Waals surface area contributed by atoms with Crippen LogP contribution in [0.4, 0.5) is 0 Å². The van der Waals surface area contributed by atoms with E-state index in [1.54, 1.807) is 24.3 Å². The van der Waals surface area contributed by atoms with E-state index < -0.39 is 23.3 Å². The topological polar surface area (TPSA) is 95.6 Å². The van der Waals surface area contributed by atoms with Crippen LogP contribution in [0.3, 0.4) is 0 Å². The molecule has 1 fully saturated rings. The molecule has 0 aliphatic carbocycles. The molecule has 8 nitrogen and oxygen atoms in total. The highest BCUT2D eigenvalue weighted by molar-refractivity contribution is 7.98. The van der Waals surface area contributed by atoms with E-state index in [0.717, 1.165) is 42.6 Å². The van der Waals surface area contributed by atoms with E-state index in [9.17, 15) is 16.8 Å². The summed E-state index contributed by atoms with van der Waals surface area (Å²) in [6, 6.07) is 23.0. The molecule has 0 aromatic heterocycles. The zero-order valence-electron chi connectivity index (χ0n) is 24.1. The van der Waals surface area contributed by atoms with Crippen molar-refractivity contribution in [2.45, 2.75) is 43.0 Å². The molecule has 0 radical (unpaired) electrons. The van der Waals surface area contributed by atoms with Crippen molar-refractivity contribution in [3.8, 4) is 0 Å². The molecule has 0 spiro atoms. The van der Waals surface area contributed by atoms with Gasteiger partial charge < -0.3 is 10.6 Å². The van der Waals surface area contributed by atoms with Gasteiger partial charge in [-0.3, -0.25) is 4.90 Å². The Balaban J connectivity index is 1.83. The van der Waals surface area contributed by atoms with Gasteiger partial charge in [-0.15, -0.1) is 3.29 Å². The van der Waals surface area contributed by atoms with Gasteiger partial charge in [0.2, 0.25) is 0 Å². The Labute approximate surface area is 246 Å². The van der Waals surface area contributed by atoms with Crippen molar-refractivity contribution in [1.82, 2.24) is 15.5 Å². The minimum atomic E-state index is -4.39. The van der Waals surface area contributed by atoms with E-state index in [1.165, 1.54) is 24.3 Å². The minimum Gasteiger partial charge on any atom is -0.315 e. The van der Waals surface area contributed by atoms with E-state index in [4.69, 9.17) is 0 Å². The number of rotatable bonds is 6. The van der Waals surface area contributed by atoms with E-state index in [-0.39, 0.29) is 36.0 Å². The Kier molecular flexibility index (Phi) is 10.7. The molecule has 0 unspecified atom stereocenters. The van der Waals surface area contributed by atoms with Gasteiger partial charge in [-0.2, -0.15) is 16.8 Å². The number of nitrogens with zero attached hydrogens (tertiary/aromatic N) is 2. The molecule has 3 aromatic rings. The summed E-state index contributed by atoms with van der Waals surface area (Å²) in [6.07, 6.45) is 1.89. The summed E-state index contributed by atoms with van der Waals surface area (Å²) in [5, 5.41) is 6.81. The molecule has 0 saturated carbocycles. The molecular weight excluding hydrogens is 556 g/mol. The SMILES string of the molecule is Cc1ccc(S(=O)(=O)[N+]2(S(=O)(=O)c3ccc(C)cc3)CCNCCCCNCCN(Cc3ccccc3)CC2)cc1. The van der Waals surface area contributed by atoms with Crippen LogP contribution in [0.25, 0.3) is 0 Å². The molecule has 0 amide bonds. The highest BCUT2D eigenvalue weighted by Crippen LogP contribution is 2.34. The maximum atomic E-state index is 14.6. The molecule has 4 rings (SSSR count). The third kappa shape index (κ3) is 7.43. The lowest BCUT2D eigenvalue weighted by atomic mass is 10.2. The Morgan fingerprint density at radius 1 is 0.634 bits per heavy atom. The highest BCUT2D eigenvalue weighted by atomic mass is 32.3. The summed E-state index contributed by atoms with van der Waals surface area (Å²) in [6.45, 7) is 7.67. The van der Waals surface area contributed by atoms with Crippen LogP contribution in [0.5, 0.6) is 0 Å². The summed E-state index contributed by atoms with van der Waals surface area (Å²) >= 11 is 0. The molecule has 2 N–H and O–H groups in total. The monoisotopic (exact) mass is 599 g/mol. The van der Waals surface area contributed by atoms with Gasteiger partial charge in [0, 0.05) is 26.2 Å². The smallest absolute Gasteiger partial charge is 0.315 e. The highest BCUT2D eigenvalue weighted by Gasteiger charge is 2.54. The third-order valence-corrected chi connectivity index (χ3v) is 13.1. The minimum absolute atomic E-state index is 0.0104. The molecule has 1 aliphatic rings. The van der Waals surface area contributed by atoms with E-state index in [0.29, 0.717) is 19.6 Å². The summed E-state index contributed by atoms with van der Waals surface area (Å²) in [5.74, 6) is 0. The summed E-state index contributed by atoms with van der Waals surface area (Å²) in [7, 11) is -8.78. The van der Waals surface area contributed by atoms with Crippen molar-refractivity contribution >= 4 is 20.0 Å². The van der Waals surface area contributed by atoms with Gasteiger partial charge in [-0.05, 0) is 69.6 Å².